The van der Waals surface area contributed by atoms with E-state index in [4.69, 9.17) is 5.73 Å². The van der Waals surface area contributed by atoms with Crippen LogP contribution in [0, 0.1) is 5.92 Å². The van der Waals surface area contributed by atoms with Crippen molar-refractivity contribution in [2.75, 3.05) is 18.8 Å². The minimum Gasteiger partial charge on any atom is -0.370 e. The Kier molecular flexibility index (Phi) is 9.27. The summed E-state index contributed by atoms with van der Waals surface area (Å²) in [5.41, 5.74) is 6.82. The van der Waals surface area contributed by atoms with Gasteiger partial charge in [-0.15, -0.1) is 24.0 Å². The fourth-order valence-electron chi connectivity index (χ4n) is 1.93. The zero-order chi connectivity index (χ0) is 17.7. The van der Waals surface area contributed by atoms with Crippen LogP contribution in [-0.2, 0) is 15.3 Å². The van der Waals surface area contributed by atoms with Crippen molar-refractivity contribution >= 4 is 39.8 Å². The Bertz CT molecular complexity index is 633. The third-order valence-corrected chi connectivity index (χ3v) is 5.12. The van der Waals surface area contributed by atoms with Gasteiger partial charge in [-0.2, -0.15) is 0 Å². The highest BCUT2D eigenvalue weighted by atomic mass is 127. The highest BCUT2D eigenvalue weighted by molar-refractivity contribution is 14.0. The van der Waals surface area contributed by atoms with E-state index >= 15 is 0 Å². The van der Waals surface area contributed by atoms with Crippen molar-refractivity contribution in [3.05, 3.63) is 29.8 Å². The molecule has 3 N–H and O–H groups in total. The van der Waals surface area contributed by atoms with Crippen molar-refractivity contribution in [2.45, 2.75) is 44.9 Å². The van der Waals surface area contributed by atoms with Gasteiger partial charge in [0.1, 0.15) is 0 Å². The molecular formula is C17H30IN3O2S. The highest BCUT2D eigenvalue weighted by Gasteiger charge is 2.17. The molecule has 0 aliphatic heterocycles. The summed E-state index contributed by atoms with van der Waals surface area (Å²) in [4.78, 5) is 4.48. The van der Waals surface area contributed by atoms with E-state index in [1.54, 1.807) is 12.1 Å². The topological polar surface area (TPSA) is 84.5 Å². The minimum atomic E-state index is -3.32. The Morgan fingerprint density at radius 3 is 2.21 bits per heavy atom. The molecule has 0 saturated heterocycles. The van der Waals surface area contributed by atoms with Crippen molar-refractivity contribution < 1.29 is 8.42 Å². The summed E-state index contributed by atoms with van der Waals surface area (Å²) in [6, 6.07) is 7.09. The fraction of sp³-hybridized carbons (Fsp3) is 0.588. The second-order valence-corrected chi connectivity index (χ2v) is 9.25. The number of hydrogen-bond acceptors (Lipinski definition) is 3. The van der Waals surface area contributed by atoms with E-state index in [0.717, 1.165) is 5.56 Å². The monoisotopic (exact) mass is 467 g/mol. The van der Waals surface area contributed by atoms with Crippen molar-refractivity contribution in [3.63, 3.8) is 0 Å². The minimum absolute atomic E-state index is 0. The summed E-state index contributed by atoms with van der Waals surface area (Å²) < 4.78 is 24.6. The number of nitrogens with two attached hydrogens (primary N) is 1. The lowest BCUT2D eigenvalue weighted by molar-refractivity contribution is 0.586. The van der Waals surface area contributed by atoms with Crippen LogP contribution in [0.4, 0.5) is 0 Å². The molecule has 0 heterocycles. The molecule has 1 aromatic carbocycles. The summed E-state index contributed by atoms with van der Waals surface area (Å²) in [5, 5.41) is 2.85. The van der Waals surface area contributed by atoms with Crippen molar-refractivity contribution in [3.8, 4) is 0 Å². The van der Waals surface area contributed by atoms with Gasteiger partial charge in [0.05, 0.1) is 10.6 Å². The fourth-order valence-corrected chi connectivity index (χ4v) is 3.09. The molecule has 0 fully saturated rings. The van der Waals surface area contributed by atoms with Gasteiger partial charge in [0, 0.05) is 13.1 Å². The molecule has 1 aromatic rings. The molecule has 5 nitrogen and oxygen atoms in total. The van der Waals surface area contributed by atoms with Crippen LogP contribution in [0.25, 0.3) is 0 Å². The van der Waals surface area contributed by atoms with E-state index in [1.807, 2.05) is 26.0 Å². The van der Waals surface area contributed by atoms with Crippen LogP contribution in [0.3, 0.4) is 0 Å². The number of nitrogens with zero attached hydrogens (tertiary/aromatic N) is 1. The lowest BCUT2D eigenvalue weighted by Gasteiger charge is -2.19. The molecule has 0 aromatic heterocycles. The number of sulfone groups is 1. The molecule has 0 unspecified atom stereocenters. The van der Waals surface area contributed by atoms with Gasteiger partial charge in [-0.3, -0.25) is 4.99 Å². The number of halogens is 1. The van der Waals surface area contributed by atoms with Gasteiger partial charge in [0.15, 0.2) is 15.8 Å². The van der Waals surface area contributed by atoms with Gasteiger partial charge >= 0.3 is 0 Å². The van der Waals surface area contributed by atoms with Crippen molar-refractivity contribution in [2.24, 2.45) is 16.6 Å². The van der Waals surface area contributed by atoms with Crippen molar-refractivity contribution in [1.29, 1.82) is 0 Å². The number of hydrogen-bond donors (Lipinski definition) is 2. The highest BCUT2D eigenvalue weighted by Crippen LogP contribution is 2.23. The third-order valence-electron chi connectivity index (χ3n) is 3.38. The molecule has 0 amide bonds. The van der Waals surface area contributed by atoms with Crippen LogP contribution in [0.15, 0.2) is 34.2 Å². The Balaban J connectivity index is 0.00000529. The lowest BCUT2D eigenvalue weighted by Crippen LogP contribution is -2.35. The van der Waals surface area contributed by atoms with Crippen LogP contribution in [0.5, 0.6) is 0 Å². The Morgan fingerprint density at radius 2 is 1.75 bits per heavy atom. The molecular weight excluding hydrogens is 437 g/mol. The first-order valence-corrected chi connectivity index (χ1v) is 9.54. The maximum Gasteiger partial charge on any atom is 0.188 e. The number of rotatable bonds is 6. The standard InChI is InChI=1S/C17H29N3O2S.HI/c1-13(2)12-20-16(18)19-10-11-23(21,22)15-8-6-14(7-9-15)17(3,4)5;/h6-9,13H,10-12H2,1-5H3,(H3,18,19,20);1H. The van der Waals surface area contributed by atoms with Crippen molar-refractivity contribution in [1.82, 2.24) is 5.32 Å². The second-order valence-electron chi connectivity index (χ2n) is 7.14. The van der Waals surface area contributed by atoms with E-state index < -0.39 is 9.84 Å². The first-order valence-electron chi connectivity index (χ1n) is 7.89. The zero-order valence-electron chi connectivity index (χ0n) is 15.2. The number of benzene rings is 1. The first kappa shape index (κ1) is 23.2. The summed E-state index contributed by atoms with van der Waals surface area (Å²) in [6.45, 7) is 11.3. The zero-order valence-corrected chi connectivity index (χ0v) is 18.3. The third kappa shape index (κ3) is 7.83. The summed E-state index contributed by atoms with van der Waals surface area (Å²) in [5.74, 6) is 0.692. The van der Waals surface area contributed by atoms with E-state index in [-0.39, 0.29) is 47.6 Å². The molecule has 138 valence electrons. The van der Waals surface area contributed by atoms with Gasteiger partial charge in [-0.25, -0.2) is 8.42 Å². The van der Waals surface area contributed by atoms with Gasteiger partial charge in [-0.1, -0.05) is 46.8 Å². The number of aliphatic imine (C=N–C) groups is 1. The molecule has 0 radical (unpaired) electrons. The molecule has 0 spiro atoms. The average Bonchev–Trinajstić information content (AvgIpc) is 2.44. The first-order chi connectivity index (χ1) is 10.5. The quantitative estimate of drug-likeness (QED) is 0.383. The average molecular weight is 467 g/mol. The summed E-state index contributed by atoms with van der Waals surface area (Å²) >= 11 is 0. The molecule has 24 heavy (non-hydrogen) atoms. The van der Waals surface area contributed by atoms with E-state index in [2.05, 4.69) is 31.1 Å². The van der Waals surface area contributed by atoms with E-state index in [0.29, 0.717) is 17.4 Å². The van der Waals surface area contributed by atoms with Crippen LogP contribution in [0.2, 0.25) is 0 Å². The Hall–Kier alpha value is -0.830. The normalized spacial score (nSPS) is 12.8. The summed E-state index contributed by atoms with van der Waals surface area (Å²) in [7, 11) is -3.32. The predicted molar refractivity (Wildman–Crippen MR) is 112 cm³/mol. The molecule has 0 saturated carbocycles. The largest absolute Gasteiger partial charge is 0.370 e. The van der Waals surface area contributed by atoms with Gasteiger partial charge in [0.25, 0.3) is 0 Å². The van der Waals surface area contributed by atoms with Crippen LogP contribution in [-0.4, -0.2) is 33.2 Å². The second kappa shape index (κ2) is 9.60. The SMILES string of the molecule is CC(C)CN=C(N)NCCS(=O)(=O)c1ccc(C(C)(C)C)cc1.I. The van der Waals surface area contributed by atoms with E-state index in [9.17, 15) is 8.42 Å². The Labute approximate surface area is 163 Å². The molecule has 0 atom stereocenters. The maximum absolute atomic E-state index is 12.3. The number of guanidine groups is 1. The molecule has 0 bridgehead atoms. The van der Waals surface area contributed by atoms with Gasteiger partial charge < -0.3 is 11.1 Å². The molecule has 7 heteroatoms. The number of nitrogens with one attached hydrogen (secondary N) is 1. The van der Waals surface area contributed by atoms with Crippen LogP contribution < -0.4 is 11.1 Å². The van der Waals surface area contributed by atoms with Gasteiger partial charge in [-0.05, 0) is 29.0 Å². The molecule has 0 aliphatic carbocycles. The molecule has 1 rings (SSSR count). The Morgan fingerprint density at radius 1 is 1.21 bits per heavy atom. The summed E-state index contributed by atoms with van der Waals surface area (Å²) in [6.07, 6.45) is 0. The lowest BCUT2D eigenvalue weighted by atomic mass is 9.87. The van der Waals surface area contributed by atoms with Gasteiger partial charge in [0.2, 0.25) is 0 Å². The van der Waals surface area contributed by atoms with Crippen LogP contribution >= 0.6 is 24.0 Å². The maximum atomic E-state index is 12.3. The molecule has 0 aliphatic rings. The van der Waals surface area contributed by atoms with E-state index in [1.165, 1.54) is 0 Å². The smallest absolute Gasteiger partial charge is 0.188 e. The predicted octanol–water partition coefficient (Wildman–Crippen LogP) is 2.94. The van der Waals surface area contributed by atoms with Crippen LogP contribution in [0.1, 0.15) is 40.2 Å².